The number of ether oxygens (including phenoxy) is 2. The summed E-state index contributed by atoms with van der Waals surface area (Å²) in [6.45, 7) is 4.00. The van der Waals surface area contributed by atoms with Crippen LogP contribution in [0.25, 0.3) is 0 Å². The predicted molar refractivity (Wildman–Crippen MR) is 113 cm³/mol. The number of esters is 2. The van der Waals surface area contributed by atoms with Crippen LogP contribution in [0.5, 0.6) is 0 Å². The van der Waals surface area contributed by atoms with Gasteiger partial charge in [-0.15, -0.1) is 0 Å². The van der Waals surface area contributed by atoms with E-state index in [4.69, 9.17) is 9.47 Å². The second-order valence-corrected chi connectivity index (χ2v) is 7.72. The van der Waals surface area contributed by atoms with Crippen molar-refractivity contribution in [3.63, 3.8) is 0 Å². The van der Waals surface area contributed by atoms with Gasteiger partial charge in [-0.05, 0) is 12.8 Å². The first kappa shape index (κ1) is 26.9. The van der Waals surface area contributed by atoms with Crippen LogP contribution in [0.4, 0.5) is 0 Å². The Morgan fingerprint density at radius 3 is 1.57 bits per heavy atom. The molecule has 0 aromatic rings. The molecule has 166 valence electrons. The van der Waals surface area contributed by atoms with Crippen molar-refractivity contribution in [1.29, 1.82) is 0 Å². The molecule has 28 heavy (non-hydrogen) atoms. The van der Waals surface area contributed by atoms with E-state index in [2.05, 4.69) is 13.8 Å². The first-order valence-corrected chi connectivity index (χ1v) is 11.6. The van der Waals surface area contributed by atoms with Crippen molar-refractivity contribution in [2.75, 3.05) is 13.2 Å². The number of aliphatic hydroxyl groups excluding tert-OH is 1. The fourth-order valence-electron chi connectivity index (χ4n) is 3.08. The number of unbranched alkanes of at least 4 members (excludes halogenated alkanes) is 12. The molecule has 0 saturated heterocycles. The summed E-state index contributed by atoms with van der Waals surface area (Å²) >= 11 is 0. The monoisotopic (exact) mass is 400 g/mol. The molecule has 0 aromatic carbocycles. The summed E-state index contributed by atoms with van der Waals surface area (Å²) in [5, 5.41) is 9.33. The fourth-order valence-corrected chi connectivity index (χ4v) is 3.08. The summed E-state index contributed by atoms with van der Waals surface area (Å²) in [5.74, 6) is -0.606. The van der Waals surface area contributed by atoms with Crippen LogP contribution < -0.4 is 0 Å². The van der Waals surface area contributed by atoms with Gasteiger partial charge in [0, 0.05) is 12.8 Å². The quantitative estimate of drug-likeness (QED) is 0.209. The van der Waals surface area contributed by atoms with E-state index in [9.17, 15) is 14.7 Å². The Balaban J connectivity index is 3.66. The van der Waals surface area contributed by atoms with Crippen LogP contribution in [0.2, 0.25) is 0 Å². The van der Waals surface area contributed by atoms with Crippen molar-refractivity contribution < 1.29 is 24.2 Å². The van der Waals surface area contributed by atoms with E-state index < -0.39 is 6.10 Å². The molecular formula is C23H44O5. The normalized spacial score (nSPS) is 12.0. The van der Waals surface area contributed by atoms with Gasteiger partial charge in [-0.1, -0.05) is 90.9 Å². The molecule has 0 aliphatic carbocycles. The van der Waals surface area contributed by atoms with E-state index in [0.29, 0.717) is 12.8 Å². The molecule has 1 atom stereocenters. The van der Waals surface area contributed by atoms with Gasteiger partial charge < -0.3 is 14.6 Å². The molecule has 0 saturated carbocycles. The molecule has 0 amide bonds. The Kier molecular flexibility index (Phi) is 19.8. The van der Waals surface area contributed by atoms with Gasteiger partial charge in [0.1, 0.15) is 6.61 Å². The van der Waals surface area contributed by atoms with E-state index in [1.165, 1.54) is 51.4 Å². The van der Waals surface area contributed by atoms with Gasteiger partial charge in [0.2, 0.25) is 0 Å². The zero-order valence-corrected chi connectivity index (χ0v) is 18.4. The summed E-state index contributed by atoms with van der Waals surface area (Å²) < 4.78 is 10.4. The SMILES string of the molecule is CCCCCCCCCCC(=O)OC(CO)COC(=O)CCCCCCCC. The van der Waals surface area contributed by atoms with Crippen LogP contribution >= 0.6 is 0 Å². The number of hydrogen-bond donors (Lipinski definition) is 1. The molecule has 0 spiro atoms. The van der Waals surface area contributed by atoms with Gasteiger partial charge in [0.15, 0.2) is 6.10 Å². The second-order valence-electron chi connectivity index (χ2n) is 7.72. The van der Waals surface area contributed by atoms with Crippen LogP contribution in [-0.4, -0.2) is 36.4 Å². The van der Waals surface area contributed by atoms with E-state index in [0.717, 1.165) is 38.5 Å². The minimum absolute atomic E-state index is 0.0612. The standard InChI is InChI=1S/C23H44O5/c1-3-5-7-9-11-12-14-16-18-23(26)28-21(19-24)20-27-22(25)17-15-13-10-8-6-4-2/h21,24H,3-20H2,1-2H3. The maximum absolute atomic E-state index is 11.9. The summed E-state index contributed by atoms with van der Waals surface area (Å²) in [4.78, 5) is 23.6. The van der Waals surface area contributed by atoms with Crippen LogP contribution in [-0.2, 0) is 19.1 Å². The highest BCUT2D eigenvalue weighted by Gasteiger charge is 2.16. The third-order valence-corrected chi connectivity index (χ3v) is 4.90. The van der Waals surface area contributed by atoms with E-state index in [-0.39, 0.29) is 25.2 Å². The van der Waals surface area contributed by atoms with Gasteiger partial charge in [-0.3, -0.25) is 9.59 Å². The van der Waals surface area contributed by atoms with Crippen molar-refractivity contribution in [2.45, 2.75) is 123 Å². The third-order valence-electron chi connectivity index (χ3n) is 4.90. The summed E-state index contributed by atoms with van der Waals surface area (Å²) in [6.07, 6.45) is 16.0. The van der Waals surface area contributed by atoms with E-state index in [1.807, 2.05) is 0 Å². The molecule has 0 heterocycles. The fraction of sp³-hybridized carbons (Fsp3) is 0.913. The van der Waals surface area contributed by atoms with Gasteiger partial charge in [0.05, 0.1) is 6.61 Å². The third kappa shape index (κ3) is 18.3. The molecular weight excluding hydrogens is 356 g/mol. The van der Waals surface area contributed by atoms with Gasteiger partial charge in [0.25, 0.3) is 0 Å². The zero-order valence-electron chi connectivity index (χ0n) is 18.4. The Hall–Kier alpha value is -1.10. The number of carbonyl (C=O) groups is 2. The lowest BCUT2D eigenvalue weighted by atomic mass is 10.1. The van der Waals surface area contributed by atoms with Crippen LogP contribution in [0.1, 0.15) is 117 Å². The number of hydrogen-bond acceptors (Lipinski definition) is 5. The van der Waals surface area contributed by atoms with Crippen molar-refractivity contribution in [2.24, 2.45) is 0 Å². The molecule has 0 bridgehead atoms. The Bertz CT molecular complexity index is 370. The van der Waals surface area contributed by atoms with Gasteiger partial charge >= 0.3 is 11.9 Å². The Labute approximate surface area is 172 Å². The highest BCUT2D eigenvalue weighted by Crippen LogP contribution is 2.11. The lowest BCUT2D eigenvalue weighted by molar-refractivity contribution is -0.161. The average Bonchev–Trinajstić information content (AvgIpc) is 2.69. The topological polar surface area (TPSA) is 72.8 Å². The second kappa shape index (κ2) is 20.6. The Morgan fingerprint density at radius 1 is 0.679 bits per heavy atom. The first-order chi connectivity index (χ1) is 13.6. The molecule has 5 heteroatoms. The summed E-state index contributed by atoms with van der Waals surface area (Å²) in [6, 6.07) is 0. The summed E-state index contributed by atoms with van der Waals surface area (Å²) in [5.41, 5.74) is 0. The molecule has 0 radical (unpaired) electrons. The van der Waals surface area contributed by atoms with Crippen LogP contribution in [0.15, 0.2) is 0 Å². The largest absolute Gasteiger partial charge is 0.462 e. The molecule has 0 aliphatic heterocycles. The smallest absolute Gasteiger partial charge is 0.306 e. The zero-order chi connectivity index (χ0) is 20.9. The van der Waals surface area contributed by atoms with Crippen LogP contribution in [0, 0.1) is 0 Å². The minimum Gasteiger partial charge on any atom is -0.462 e. The van der Waals surface area contributed by atoms with Gasteiger partial charge in [-0.2, -0.15) is 0 Å². The van der Waals surface area contributed by atoms with Crippen molar-refractivity contribution in [3.05, 3.63) is 0 Å². The van der Waals surface area contributed by atoms with Crippen LogP contribution in [0.3, 0.4) is 0 Å². The summed E-state index contributed by atoms with van der Waals surface area (Å²) in [7, 11) is 0. The number of rotatable bonds is 20. The number of aliphatic hydroxyl groups is 1. The molecule has 0 fully saturated rings. The van der Waals surface area contributed by atoms with Crippen molar-refractivity contribution in [3.8, 4) is 0 Å². The predicted octanol–water partition coefficient (Wildman–Crippen LogP) is 5.72. The number of carbonyl (C=O) groups excluding carboxylic acids is 2. The first-order valence-electron chi connectivity index (χ1n) is 11.6. The van der Waals surface area contributed by atoms with E-state index in [1.54, 1.807) is 0 Å². The highest BCUT2D eigenvalue weighted by atomic mass is 16.6. The maximum atomic E-state index is 11.9. The molecule has 0 aromatic heterocycles. The molecule has 1 N–H and O–H groups in total. The lowest BCUT2D eigenvalue weighted by Crippen LogP contribution is -2.28. The van der Waals surface area contributed by atoms with Gasteiger partial charge in [-0.25, -0.2) is 0 Å². The maximum Gasteiger partial charge on any atom is 0.306 e. The average molecular weight is 401 g/mol. The molecule has 5 nitrogen and oxygen atoms in total. The lowest BCUT2D eigenvalue weighted by Gasteiger charge is -2.15. The molecule has 0 rings (SSSR count). The highest BCUT2D eigenvalue weighted by molar-refractivity contribution is 5.70. The van der Waals surface area contributed by atoms with E-state index >= 15 is 0 Å². The molecule has 0 aliphatic rings. The van der Waals surface area contributed by atoms with Crippen molar-refractivity contribution >= 4 is 11.9 Å². The molecule has 1 unspecified atom stereocenters. The minimum atomic E-state index is -0.755. The van der Waals surface area contributed by atoms with Crippen molar-refractivity contribution in [1.82, 2.24) is 0 Å². The Morgan fingerprint density at radius 2 is 1.11 bits per heavy atom.